The smallest absolute Gasteiger partial charge is 0.357 e. The van der Waals surface area contributed by atoms with E-state index in [-0.39, 0.29) is 18.4 Å². The molecule has 1 aliphatic heterocycles. The number of halogens is 3. The van der Waals surface area contributed by atoms with E-state index in [2.05, 4.69) is 10.3 Å². The van der Waals surface area contributed by atoms with Gasteiger partial charge in [0.1, 0.15) is 6.54 Å². The summed E-state index contributed by atoms with van der Waals surface area (Å²) >= 11 is 0. The highest BCUT2D eigenvalue weighted by atomic mass is 19.4. The molecule has 1 aliphatic rings. The third-order valence-corrected chi connectivity index (χ3v) is 4.15. The molecule has 0 saturated carbocycles. The van der Waals surface area contributed by atoms with Crippen molar-refractivity contribution in [2.45, 2.75) is 26.4 Å². The number of guanidine groups is 1. The number of nitrogens with one attached hydrogen (secondary N) is 1. The number of carbonyl (C=O) groups is 1. The zero-order chi connectivity index (χ0) is 19.0. The molecular formula is C16H30F3N5O. The van der Waals surface area contributed by atoms with Crippen LogP contribution in [0.4, 0.5) is 13.2 Å². The first-order chi connectivity index (χ1) is 11.7. The first kappa shape index (κ1) is 21.5. The number of likely N-dealkylation sites (tertiary alicyclic amines) is 1. The first-order valence-electron chi connectivity index (χ1n) is 8.68. The predicted molar refractivity (Wildman–Crippen MR) is 92.5 cm³/mol. The van der Waals surface area contributed by atoms with E-state index in [1.165, 1.54) is 9.80 Å². The minimum atomic E-state index is -4.17. The Labute approximate surface area is 148 Å². The molecule has 1 saturated heterocycles. The number of carbonyl (C=O) groups excluding carboxylic acids is 1. The molecule has 0 aliphatic carbocycles. The number of rotatable bonds is 7. The maximum Gasteiger partial charge on any atom is 0.401 e. The first-order valence-corrected chi connectivity index (χ1v) is 8.68. The molecule has 146 valence electrons. The molecule has 25 heavy (non-hydrogen) atoms. The number of aliphatic imine (C=N–C) groups is 1. The maximum atomic E-state index is 12.6. The van der Waals surface area contributed by atoms with Crippen LogP contribution in [0.25, 0.3) is 0 Å². The second-order valence-corrected chi connectivity index (χ2v) is 6.50. The standard InChI is InChI=1S/C16H30F3N5O/c1-5-20-15(21-9-14(25)22(3)4)24-8-7-13(11-24)10-23(6-2)12-16(17,18)19/h13H,5-12H2,1-4H3,(H,20,21). The molecule has 0 aromatic rings. The van der Waals surface area contributed by atoms with Crippen molar-refractivity contribution in [2.24, 2.45) is 10.9 Å². The number of nitrogens with zero attached hydrogens (tertiary/aromatic N) is 4. The Morgan fingerprint density at radius 3 is 2.52 bits per heavy atom. The van der Waals surface area contributed by atoms with Crippen LogP contribution in [-0.2, 0) is 4.79 Å². The highest BCUT2D eigenvalue weighted by Gasteiger charge is 2.33. The Kier molecular flexibility index (Phi) is 8.47. The third kappa shape index (κ3) is 7.94. The molecule has 0 bridgehead atoms. The van der Waals surface area contributed by atoms with Gasteiger partial charge in [0.15, 0.2) is 5.96 Å². The fourth-order valence-corrected chi connectivity index (χ4v) is 2.81. The van der Waals surface area contributed by atoms with Gasteiger partial charge in [-0.2, -0.15) is 13.2 Å². The van der Waals surface area contributed by atoms with Gasteiger partial charge in [-0.15, -0.1) is 0 Å². The van der Waals surface area contributed by atoms with E-state index in [4.69, 9.17) is 0 Å². The van der Waals surface area contributed by atoms with Crippen LogP contribution >= 0.6 is 0 Å². The van der Waals surface area contributed by atoms with Crippen molar-refractivity contribution < 1.29 is 18.0 Å². The molecule has 1 rings (SSSR count). The van der Waals surface area contributed by atoms with Gasteiger partial charge >= 0.3 is 6.18 Å². The highest BCUT2D eigenvalue weighted by Crippen LogP contribution is 2.21. The zero-order valence-electron chi connectivity index (χ0n) is 15.6. The van der Waals surface area contributed by atoms with Gasteiger partial charge in [0.05, 0.1) is 6.54 Å². The van der Waals surface area contributed by atoms with E-state index >= 15 is 0 Å². The number of hydrogen-bond acceptors (Lipinski definition) is 3. The summed E-state index contributed by atoms with van der Waals surface area (Å²) in [6.45, 7) is 5.73. The lowest BCUT2D eigenvalue weighted by Gasteiger charge is -2.26. The lowest BCUT2D eigenvalue weighted by Crippen LogP contribution is -2.42. The molecule has 0 aromatic carbocycles. The van der Waals surface area contributed by atoms with Crippen LogP contribution in [0, 0.1) is 5.92 Å². The van der Waals surface area contributed by atoms with Crippen molar-refractivity contribution in [3.05, 3.63) is 0 Å². The predicted octanol–water partition coefficient (Wildman–Crippen LogP) is 1.25. The number of alkyl halides is 3. The normalized spacial score (nSPS) is 18.8. The number of likely N-dealkylation sites (N-methyl/N-ethyl adjacent to an activating group) is 1. The van der Waals surface area contributed by atoms with E-state index in [0.717, 1.165) is 13.0 Å². The quantitative estimate of drug-likeness (QED) is 0.545. The van der Waals surface area contributed by atoms with Gasteiger partial charge in [-0.25, -0.2) is 4.99 Å². The van der Waals surface area contributed by atoms with Crippen molar-refractivity contribution in [1.29, 1.82) is 0 Å². The molecule has 1 heterocycles. The largest absolute Gasteiger partial charge is 0.401 e. The summed E-state index contributed by atoms with van der Waals surface area (Å²) in [7, 11) is 3.35. The Balaban J connectivity index is 2.62. The summed E-state index contributed by atoms with van der Waals surface area (Å²) in [5.74, 6) is 0.725. The van der Waals surface area contributed by atoms with Gasteiger partial charge < -0.3 is 15.1 Å². The van der Waals surface area contributed by atoms with E-state index in [9.17, 15) is 18.0 Å². The van der Waals surface area contributed by atoms with Gasteiger partial charge in [0.25, 0.3) is 0 Å². The Hall–Kier alpha value is -1.51. The number of amides is 1. The Morgan fingerprint density at radius 2 is 2.00 bits per heavy atom. The van der Waals surface area contributed by atoms with Crippen LogP contribution in [-0.4, -0.2) is 92.7 Å². The van der Waals surface area contributed by atoms with E-state index in [1.807, 2.05) is 11.8 Å². The summed E-state index contributed by atoms with van der Waals surface area (Å²) in [6, 6.07) is 0. The van der Waals surface area contributed by atoms with Crippen molar-refractivity contribution in [3.63, 3.8) is 0 Å². The van der Waals surface area contributed by atoms with Gasteiger partial charge in [-0.05, 0) is 25.8 Å². The lowest BCUT2D eigenvalue weighted by atomic mass is 10.1. The average molecular weight is 365 g/mol. The molecule has 0 spiro atoms. The lowest BCUT2D eigenvalue weighted by molar-refractivity contribution is -0.146. The molecule has 1 N–H and O–H groups in total. The number of hydrogen-bond donors (Lipinski definition) is 1. The molecule has 9 heteroatoms. The molecule has 1 unspecified atom stereocenters. The molecule has 1 fully saturated rings. The second-order valence-electron chi connectivity index (χ2n) is 6.50. The fraction of sp³-hybridized carbons (Fsp3) is 0.875. The average Bonchev–Trinajstić information content (AvgIpc) is 2.97. The monoisotopic (exact) mass is 365 g/mol. The molecule has 1 atom stereocenters. The summed E-state index contributed by atoms with van der Waals surface area (Å²) in [5, 5.41) is 3.16. The highest BCUT2D eigenvalue weighted by molar-refractivity contribution is 5.85. The van der Waals surface area contributed by atoms with Crippen LogP contribution in [0.2, 0.25) is 0 Å². The van der Waals surface area contributed by atoms with E-state index in [0.29, 0.717) is 32.1 Å². The molecule has 1 amide bonds. The summed E-state index contributed by atoms with van der Waals surface area (Å²) in [6.07, 6.45) is -3.35. The fourth-order valence-electron chi connectivity index (χ4n) is 2.81. The minimum absolute atomic E-state index is 0.0612. The Morgan fingerprint density at radius 1 is 1.32 bits per heavy atom. The second kappa shape index (κ2) is 9.84. The Bertz CT molecular complexity index is 454. The van der Waals surface area contributed by atoms with Crippen LogP contribution < -0.4 is 5.32 Å². The molecule has 0 radical (unpaired) electrons. The molecular weight excluding hydrogens is 335 g/mol. The van der Waals surface area contributed by atoms with Gasteiger partial charge in [0, 0.05) is 40.3 Å². The maximum absolute atomic E-state index is 12.6. The van der Waals surface area contributed by atoms with Crippen molar-refractivity contribution in [2.75, 3.05) is 59.9 Å². The molecule has 6 nitrogen and oxygen atoms in total. The SMILES string of the molecule is CCNC(=NCC(=O)N(C)C)N1CCC(CN(CC)CC(F)(F)F)C1. The van der Waals surface area contributed by atoms with E-state index in [1.54, 1.807) is 21.0 Å². The zero-order valence-corrected chi connectivity index (χ0v) is 15.6. The summed E-state index contributed by atoms with van der Waals surface area (Å²) in [5.41, 5.74) is 0. The van der Waals surface area contributed by atoms with Crippen molar-refractivity contribution in [3.8, 4) is 0 Å². The van der Waals surface area contributed by atoms with Crippen LogP contribution in [0.1, 0.15) is 20.3 Å². The summed E-state index contributed by atoms with van der Waals surface area (Å²) in [4.78, 5) is 21.0. The van der Waals surface area contributed by atoms with Crippen molar-refractivity contribution >= 4 is 11.9 Å². The molecule has 0 aromatic heterocycles. The van der Waals surface area contributed by atoms with E-state index < -0.39 is 12.7 Å². The van der Waals surface area contributed by atoms with Gasteiger partial charge in [0.2, 0.25) is 5.91 Å². The van der Waals surface area contributed by atoms with Gasteiger partial charge in [-0.1, -0.05) is 6.92 Å². The topological polar surface area (TPSA) is 51.2 Å². The third-order valence-electron chi connectivity index (χ3n) is 4.15. The van der Waals surface area contributed by atoms with Crippen LogP contribution in [0.5, 0.6) is 0 Å². The van der Waals surface area contributed by atoms with Crippen LogP contribution in [0.15, 0.2) is 4.99 Å². The van der Waals surface area contributed by atoms with Crippen molar-refractivity contribution in [1.82, 2.24) is 20.0 Å². The van der Waals surface area contributed by atoms with Crippen LogP contribution in [0.3, 0.4) is 0 Å². The minimum Gasteiger partial charge on any atom is -0.357 e. The summed E-state index contributed by atoms with van der Waals surface area (Å²) < 4.78 is 37.8. The van der Waals surface area contributed by atoms with Gasteiger partial charge in [-0.3, -0.25) is 9.69 Å².